The van der Waals surface area contributed by atoms with E-state index in [-0.39, 0.29) is 11.9 Å². The van der Waals surface area contributed by atoms with Gasteiger partial charge in [0.25, 0.3) is 0 Å². The summed E-state index contributed by atoms with van der Waals surface area (Å²) >= 11 is 0. The average Bonchev–Trinajstić information content (AvgIpc) is 2.16. The molecule has 1 heterocycles. The van der Waals surface area contributed by atoms with E-state index in [9.17, 15) is 9.59 Å². The molecule has 0 aliphatic carbocycles. The summed E-state index contributed by atoms with van der Waals surface area (Å²) in [5.41, 5.74) is 5.50. The summed E-state index contributed by atoms with van der Waals surface area (Å²) < 4.78 is 0. The van der Waals surface area contributed by atoms with Crippen LogP contribution in [-0.4, -0.2) is 49.1 Å². The van der Waals surface area contributed by atoms with Gasteiger partial charge >= 0.3 is 6.03 Å². The summed E-state index contributed by atoms with van der Waals surface area (Å²) in [5.74, 6) is 0.223. The van der Waals surface area contributed by atoms with Crippen molar-refractivity contribution in [1.29, 1.82) is 0 Å². The van der Waals surface area contributed by atoms with E-state index in [2.05, 4.69) is 10.6 Å². The third-order valence-electron chi connectivity index (χ3n) is 2.82. The van der Waals surface area contributed by atoms with Crippen LogP contribution in [0.15, 0.2) is 0 Å². The van der Waals surface area contributed by atoms with Gasteiger partial charge in [0.05, 0.1) is 6.04 Å². The first kappa shape index (κ1) is 12.9. The Bertz CT molecular complexity index is 264. The van der Waals surface area contributed by atoms with E-state index in [1.165, 1.54) is 0 Å². The second-order valence-electron chi connectivity index (χ2n) is 4.08. The lowest BCUT2D eigenvalue weighted by molar-refractivity contribution is -0.127. The number of nitrogens with one attached hydrogen (secondary N) is 2. The summed E-state index contributed by atoms with van der Waals surface area (Å²) in [6.07, 6.45) is 0. The zero-order valence-electron chi connectivity index (χ0n) is 9.82. The fourth-order valence-electron chi connectivity index (χ4n) is 1.66. The number of likely N-dealkylation sites (tertiary alicyclic amines) is 1. The Kier molecular flexibility index (Phi) is 4.70. The Balaban J connectivity index is 2.29. The van der Waals surface area contributed by atoms with E-state index in [0.717, 1.165) is 13.1 Å². The van der Waals surface area contributed by atoms with Gasteiger partial charge in [-0.3, -0.25) is 15.0 Å². The number of carbonyl (C=O) groups excluding carboxylic acids is 2. The number of carbonyl (C=O) groups is 2. The first-order chi connectivity index (χ1) is 7.58. The monoisotopic (exact) mass is 228 g/mol. The lowest BCUT2D eigenvalue weighted by Gasteiger charge is -2.41. The quantitative estimate of drug-likeness (QED) is 0.582. The molecule has 1 saturated heterocycles. The van der Waals surface area contributed by atoms with Crippen molar-refractivity contribution in [3.8, 4) is 0 Å². The van der Waals surface area contributed by atoms with E-state index in [4.69, 9.17) is 5.73 Å². The zero-order chi connectivity index (χ0) is 12.1. The van der Waals surface area contributed by atoms with Gasteiger partial charge in [0.15, 0.2) is 0 Å². The highest BCUT2D eigenvalue weighted by Gasteiger charge is 2.32. The van der Waals surface area contributed by atoms with Gasteiger partial charge in [-0.2, -0.15) is 0 Å². The third-order valence-corrected chi connectivity index (χ3v) is 2.82. The highest BCUT2D eigenvalue weighted by atomic mass is 16.2. The zero-order valence-corrected chi connectivity index (χ0v) is 9.82. The van der Waals surface area contributed by atoms with Gasteiger partial charge in [-0.05, 0) is 26.3 Å². The summed E-state index contributed by atoms with van der Waals surface area (Å²) in [6.45, 7) is 6.42. The lowest BCUT2D eigenvalue weighted by Crippen LogP contribution is -2.58. The molecule has 0 spiro atoms. The maximum Gasteiger partial charge on any atom is 0.321 e. The SMILES string of the molecule is CCNC(=O)NC(=O)C(C)N1CC(CN)C1. The number of nitrogens with zero attached hydrogens (tertiary/aromatic N) is 1. The van der Waals surface area contributed by atoms with Crippen LogP contribution in [0.1, 0.15) is 13.8 Å². The number of urea groups is 1. The summed E-state index contributed by atoms with van der Waals surface area (Å²) in [5, 5.41) is 4.82. The molecule has 1 aliphatic heterocycles. The first-order valence-electron chi connectivity index (χ1n) is 5.61. The second kappa shape index (κ2) is 5.81. The number of hydrogen-bond acceptors (Lipinski definition) is 4. The van der Waals surface area contributed by atoms with Gasteiger partial charge in [-0.25, -0.2) is 4.79 Å². The van der Waals surface area contributed by atoms with Gasteiger partial charge in [0, 0.05) is 19.6 Å². The molecule has 1 aliphatic rings. The molecule has 0 radical (unpaired) electrons. The largest absolute Gasteiger partial charge is 0.338 e. The second-order valence-corrected chi connectivity index (χ2v) is 4.08. The van der Waals surface area contributed by atoms with Gasteiger partial charge in [0.2, 0.25) is 5.91 Å². The Morgan fingerprint density at radius 2 is 2.12 bits per heavy atom. The molecule has 0 aromatic carbocycles. The predicted octanol–water partition coefficient (Wildman–Crippen LogP) is -0.889. The van der Waals surface area contributed by atoms with Crippen LogP contribution in [0.3, 0.4) is 0 Å². The summed E-state index contributed by atoms with van der Waals surface area (Å²) in [7, 11) is 0. The molecule has 16 heavy (non-hydrogen) atoms. The fraction of sp³-hybridized carbons (Fsp3) is 0.800. The molecule has 1 atom stereocenters. The molecule has 4 N–H and O–H groups in total. The van der Waals surface area contributed by atoms with Crippen molar-refractivity contribution in [2.75, 3.05) is 26.2 Å². The molecule has 0 saturated carbocycles. The molecule has 0 aromatic rings. The van der Waals surface area contributed by atoms with E-state index >= 15 is 0 Å². The average molecular weight is 228 g/mol. The van der Waals surface area contributed by atoms with E-state index in [1.54, 1.807) is 13.8 Å². The van der Waals surface area contributed by atoms with Gasteiger partial charge < -0.3 is 11.1 Å². The standard InChI is InChI=1S/C10H20N4O2/c1-3-12-10(16)13-9(15)7(2)14-5-8(4-11)6-14/h7-8H,3-6,11H2,1-2H3,(H2,12,13,15,16). The minimum absolute atomic E-state index is 0.263. The fourth-order valence-corrected chi connectivity index (χ4v) is 1.66. The van der Waals surface area contributed by atoms with Crippen molar-refractivity contribution in [3.05, 3.63) is 0 Å². The molecule has 6 nitrogen and oxygen atoms in total. The summed E-state index contributed by atoms with van der Waals surface area (Å²) in [6, 6.07) is -0.708. The van der Waals surface area contributed by atoms with Gasteiger partial charge in [0.1, 0.15) is 0 Å². The molecule has 1 unspecified atom stereocenters. The summed E-state index contributed by atoms with van der Waals surface area (Å²) in [4.78, 5) is 24.7. The maximum atomic E-state index is 11.6. The molecular formula is C10H20N4O2. The Hall–Kier alpha value is -1.14. The molecule has 1 rings (SSSR count). The van der Waals surface area contributed by atoms with Crippen molar-refractivity contribution in [1.82, 2.24) is 15.5 Å². The first-order valence-corrected chi connectivity index (χ1v) is 5.61. The lowest BCUT2D eigenvalue weighted by atomic mass is 9.98. The third kappa shape index (κ3) is 3.18. The predicted molar refractivity (Wildman–Crippen MR) is 60.8 cm³/mol. The smallest absolute Gasteiger partial charge is 0.321 e. The van der Waals surface area contributed by atoms with Crippen molar-refractivity contribution >= 4 is 11.9 Å². The van der Waals surface area contributed by atoms with Gasteiger partial charge in [-0.15, -0.1) is 0 Å². The number of amides is 3. The van der Waals surface area contributed by atoms with Crippen LogP contribution >= 0.6 is 0 Å². The topological polar surface area (TPSA) is 87.5 Å². The van der Waals surface area contributed by atoms with Crippen molar-refractivity contribution in [3.63, 3.8) is 0 Å². The van der Waals surface area contributed by atoms with Crippen LogP contribution in [-0.2, 0) is 4.79 Å². The van der Waals surface area contributed by atoms with Crippen LogP contribution in [0.4, 0.5) is 4.79 Å². The number of nitrogens with two attached hydrogens (primary N) is 1. The molecular weight excluding hydrogens is 208 g/mol. The van der Waals surface area contributed by atoms with Crippen LogP contribution < -0.4 is 16.4 Å². The Labute approximate surface area is 95.5 Å². The Morgan fingerprint density at radius 3 is 2.62 bits per heavy atom. The highest BCUT2D eigenvalue weighted by Crippen LogP contribution is 2.17. The van der Waals surface area contributed by atoms with Crippen LogP contribution in [0, 0.1) is 5.92 Å². The molecule has 3 amide bonds. The van der Waals surface area contributed by atoms with E-state index < -0.39 is 6.03 Å². The minimum atomic E-state index is -0.435. The molecule has 92 valence electrons. The van der Waals surface area contributed by atoms with E-state index in [0.29, 0.717) is 19.0 Å². The molecule has 6 heteroatoms. The normalized spacial score (nSPS) is 18.7. The van der Waals surface area contributed by atoms with Crippen molar-refractivity contribution < 1.29 is 9.59 Å². The van der Waals surface area contributed by atoms with Crippen LogP contribution in [0.25, 0.3) is 0 Å². The maximum absolute atomic E-state index is 11.6. The minimum Gasteiger partial charge on any atom is -0.338 e. The number of imide groups is 1. The molecule has 1 fully saturated rings. The number of rotatable bonds is 4. The van der Waals surface area contributed by atoms with E-state index in [1.807, 2.05) is 4.90 Å². The molecule has 0 aromatic heterocycles. The van der Waals surface area contributed by atoms with Crippen LogP contribution in [0.5, 0.6) is 0 Å². The van der Waals surface area contributed by atoms with Gasteiger partial charge in [-0.1, -0.05) is 0 Å². The molecule has 0 bridgehead atoms. The highest BCUT2D eigenvalue weighted by molar-refractivity contribution is 5.96. The number of hydrogen-bond donors (Lipinski definition) is 3. The Morgan fingerprint density at radius 1 is 1.50 bits per heavy atom. The van der Waals surface area contributed by atoms with Crippen molar-refractivity contribution in [2.24, 2.45) is 11.7 Å². The van der Waals surface area contributed by atoms with Crippen molar-refractivity contribution in [2.45, 2.75) is 19.9 Å². The van der Waals surface area contributed by atoms with Crippen LogP contribution in [0.2, 0.25) is 0 Å².